The Morgan fingerprint density at radius 1 is 1.17 bits per heavy atom. The number of hydrogen-bond acceptors (Lipinski definition) is 4. The van der Waals surface area contributed by atoms with Crippen LogP contribution in [0, 0.1) is 17.8 Å². The van der Waals surface area contributed by atoms with Gasteiger partial charge in [0.15, 0.2) is 0 Å². The van der Waals surface area contributed by atoms with Crippen LogP contribution >= 0.6 is 11.6 Å². The van der Waals surface area contributed by atoms with Crippen LogP contribution in [0.25, 0.3) is 0 Å². The van der Waals surface area contributed by atoms with E-state index in [1.165, 1.54) is 12.6 Å². The monoisotopic (exact) mass is 430 g/mol. The van der Waals surface area contributed by atoms with Crippen molar-refractivity contribution in [3.8, 4) is 0 Å². The summed E-state index contributed by atoms with van der Waals surface area (Å²) in [6.07, 6.45) is 6.45. The molecule has 152 valence electrons. The summed E-state index contributed by atoms with van der Waals surface area (Å²) in [5.41, 5.74) is -0.333. The number of carbonyl (C=O) groups excluding carboxylic acids is 1. The lowest BCUT2D eigenvalue weighted by atomic mass is 9.52. The number of aromatic nitrogens is 1. The second-order valence-electron chi connectivity index (χ2n) is 8.77. The van der Waals surface area contributed by atoms with Crippen LogP contribution in [0.3, 0.4) is 0 Å². The van der Waals surface area contributed by atoms with Crippen LogP contribution in [-0.4, -0.2) is 31.8 Å². The van der Waals surface area contributed by atoms with Crippen molar-refractivity contribution in [2.75, 3.05) is 0 Å². The van der Waals surface area contributed by atoms with Gasteiger partial charge in [0.2, 0.25) is 0 Å². The summed E-state index contributed by atoms with van der Waals surface area (Å²) >= 11 is 5.85. The molecular weight excluding hydrogens is 408 g/mol. The molecule has 2 aromatic rings. The Hall–Kier alpha value is -1.76. The number of benzene rings is 1. The van der Waals surface area contributed by atoms with E-state index >= 15 is 0 Å². The highest BCUT2D eigenvalue weighted by Crippen LogP contribution is 2.55. The number of hydrogen-bond donors (Lipinski definition) is 2. The average molecular weight is 431 g/mol. The second-order valence-corrected chi connectivity index (χ2v) is 10.6. The first kappa shape index (κ1) is 19.2. The molecule has 1 heterocycles. The van der Waals surface area contributed by atoms with E-state index in [9.17, 15) is 14.1 Å². The smallest absolute Gasteiger partial charge is 0.251 e. The molecule has 4 fully saturated rings. The molecule has 4 saturated carbocycles. The normalized spacial score (nSPS) is 33.4. The Bertz CT molecular complexity index is 966. The van der Waals surface area contributed by atoms with Gasteiger partial charge in [-0.1, -0.05) is 17.7 Å². The molecule has 1 aromatic heterocycles. The molecule has 7 heteroatoms. The molecule has 2 N–H and O–H groups in total. The van der Waals surface area contributed by atoms with Gasteiger partial charge in [-0.25, -0.2) is 9.19 Å². The van der Waals surface area contributed by atoms with Crippen molar-refractivity contribution in [1.29, 1.82) is 0 Å². The second kappa shape index (κ2) is 7.18. The van der Waals surface area contributed by atoms with Crippen molar-refractivity contribution in [2.24, 2.45) is 17.8 Å². The number of aliphatic hydroxyl groups is 1. The molecule has 0 spiro atoms. The average Bonchev–Trinajstić information content (AvgIpc) is 2.70. The number of nitrogens with zero attached hydrogens (tertiary/aromatic N) is 1. The molecule has 4 aliphatic carbocycles. The lowest BCUT2D eigenvalue weighted by molar-refractivity contribution is -0.146. The molecular formula is C22H23ClN2O3S. The highest BCUT2D eigenvalue weighted by molar-refractivity contribution is 7.85. The van der Waals surface area contributed by atoms with Crippen LogP contribution in [0.1, 0.15) is 42.5 Å². The number of rotatable bonds is 4. The molecule has 0 aliphatic heterocycles. The van der Waals surface area contributed by atoms with Crippen LogP contribution in [-0.2, 0) is 10.8 Å². The summed E-state index contributed by atoms with van der Waals surface area (Å²) in [5, 5.41) is 15.2. The largest absolute Gasteiger partial charge is 0.388 e. The molecule has 4 aliphatic rings. The highest BCUT2D eigenvalue weighted by atomic mass is 35.5. The fourth-order valence-electron chi connectivity index (χ4n) is 5.82. The molecule has 5 nitrogen and oxygen atoms in total. The molecule has 29 heavy (non-hydrogen) atoms. The topological polar surface area (TPSA) is 79.3 Å². The Morgan fingerprint density at radius 3 is 2.59 bits per heavy atom. The maximum atomic E-state index is 13.0. The number of carbonyl (C=O) groups is 1. The predicted octanol–water partition coefficient (Wildman–Crippen LogP) is 3.57. The third-order valence-corrected chi connectivity index (χ3v) is 8.29. The van der Waals surface area contributed by atoms with E-state index in [1.807, 2.05) is 0 Å². The highest BCUT2D eigenvalue weighted by Gasteiger charge is 2.56. The van der Waals surface area contributed by atoms with Gasteiger partial charge >= 0.3 is 0 Å². The van der Waals surface area contributed by atoms with Crippen molar-refractivity contribution >= 4 is 28.3 Å². The van der Waals surface area contributed by atoms with E-state index in [4.69, 9.17) is 11.6 Å². The summed E-state index contributed by atoms with van der Waals surface area (Å²) in [4.78, 5) is 17.6. The first-order valence-electron chi connectivity index (χ1n) is 10.1. The van der Waals surface area contributed by atoms with Crippen LogP contribution in [0.2, 0.25) is 5.02 Å². The zero-order valence-electron chi connectivity index (χ0n) is 15.9. The maximum absolute atomic E-state index is 13.0. The van der Waals surface area contributed by atoms with E-state index in [0.717, 1.165) is 25.7 Å². The molecule has 4 bridgehead atoms. The quantitative estimate of drug-likeness (QED) is 0.777. The number of nitrogens with one attached hydrogen (secondary N) is 1. The first-order chi connectivity index (χ1) is 13.9. The van der Waals surface area contributed by atoms with E-state index < -0.39 is 16.4 Å². The third-order valence-electron chi connectivity index (χ3n) is 6.76. The zero-order valence-corrected chi connectivity index (χ0v) is 17.5. The van der Waals surface area contributed by atoms with Crippen LogP contribution < -0.4 is 5.32 Å². The molecule has 3 unspecified atom stereocenters. The standard InChI is InChI=1S/C22H23ClN2O3S/c23-17-4-5-19(24-12-17)29(28)18-3-1-2-15(9-18)21(26)25-20-16-7-13-6-14(8-16)11-22(20,27)10-13/h1-5,9,12-14,16,20,27H,6-8,10-11H2,(H,25,26)/t13?,14?,16?,20-,22?,29?/m0/s1. The minimum atomic E-state index is -1.50. The van der Waals surface area contributed by atoms with Crippen LogP contribution in [0.5, 0.6) is 0 Å². The number of halogens is 1. The van der Waals surface area contributed by atoms with Crippen molar-refractivity contribution in [1.82, 2.24) is 10.3 Å². The summed E-state index contributed by atoms with van der Waals surface area (Å²) in [7, 11) is -1.50. The maximum Gasteiger partial charge on any atom is 0.251 e. The van der Waals surface area contributed by atoms with E-state index in [2.05, 4.69) is 10.3 Å². The lowest BCUT2D eigenvalue weighted by Gasteiger charge is -2.58. The molecule has 0 saturated heterocycles. The van der Waals surface area contributed by atoms with E-state index in [0.29, 0.717) is 38.3 Å². The van der Waals surface area contributed by atoms with E-state index in [-0.39, 0.29) is 11.9 Å². The van der Waals surface area contributed by atoms with Gasteiger partial charge in [0.1, 0.15) is 15.8 Å². The van der Waals surface area contributed by atoms with Crippen molar-refractivity contribution in [3.05, 3.63) is 53.2 Å². The summed E-state index contributed by atoms with van der Waals surface area (Å²) in [6.45, 7) is 0. The van der Waals surface area contributed by atoms with Gasteiger partial charge < -0.3 is 10.4 Å². The molecule has 4 atom stereocenters. The fraction of sp³-hybridized carbons (Fsp3) is 0.455. The van der Waals surface area contributed by atoms with Gasteiger partial charge in [-0.05, 0) is 80.2 Å². The lowest BCUT2D eigenvalue weighted by Crippen LogP contribution is -2.66. The Morgan fingerprint density at radius 2 is 1.93 bits per heavy atom. The third kappa shape index (κ3) is 3.51. The molecule has 1 amide bonds. The fourth-order valence-corrected chi connectivity index (χ4v) is 6.95. The molecule has 6 rings (SSSR count). The van der Waals surface area contributed by atoms with Gasteiger partial charge in [-0.15, -0.1) is 0 Å². The van der Waals surface area contributed by atoms with Gasteiger partial charge in [0.25, 0.3) is 5.91 Å². The van der Waals surface area contributed by atoms with Crippen molar-refractivity contribution in [3.63, 3.8) is 0 Å². The Kier molecular flexibility index (Phi) is 4.76. The molecule has 0 radical (unpaired) electrons. The number of pyridine rings is 1. The predicted molar refractivity (Wildman–Crippen MR) is 110 cm³/mol. The minimum Gasteiger partial charge on any atom is -0.388 e. The van der Waals surface area contributed by atoms with Gasteiger partial charge in [-0.2, -0.15) is 0 Å². The van der Waals surface area contributed by atoms with Crippen molar-refractivity contribution in [2.45, 2.75) is 53.7 Å². The number of amides is 1. The zero-order chi connectivity index (χ0) is 20.2. The Balaban J connectivity index is 1.35. The summed E-state index contributed by atoms with van der Waals surface area (Å²) in [5.74, 6) is 1.33. The van der Waals surface area contributed by atoms with Crippen LogP contribution in [0.15, 0.2) is 52.5 Å². The van der Waals surface area contributed by atoms with Gasteiger partial charge in [0, 0.05) is 16.7 Å². The summed E-state index contributed by atoms with van der Waals surface area (Å²) in [6, 6.07) is 9.87. The van der Waals surface area contributed by atoms with Crippen molar-refractivity contribution < 1.29 is 14.1 Å². The van der Waals surface area contributed by atoms with Gasteiger partial charge in [-0.3, -0.25) is 4.79 Å². The van der Waals surface area contributed by atoms with E-state index in [1.54, 1.807) is 36.4 Å². The minimum absolute atomic E-state index is 0.199. The molecule has 1 aromatic carbocycles. The Labute approximate surface area is 177 Å². The van der Waals surface area contributed by atoms with Gasteiger partial charge in [0.05, 0.1) is 16.7 Å². The SMILES string of the molecule is O=C(N[C@H]1C2CC3CC(C2)CC1(O)C3)c1cccc(S(=O)c2ccc(Cl)cn2)c1. The first-order valence-corrected chi connectivity index (χ1v) is 11.6. The summed E-state index contributed by atoms with van der Waals surface area (Å²) < 4.78 is 12.8. The van der Waals surface area contributed by atoms with Crippen LogP contribution in [0.4, 0.5) is 0 Å².